The second kappa shape index (κ2) is 5.11. The summed E-state index contributed by atoms with van der Waals surface area (Å²) in [5.41, 5.74) is 7.66. The van der Waals surface area contributed by atoms with Crippen LogP contribution < -0.4 is 5.73 Å². The van der Waals surface area contributed by atoms with Gasteiger partial charge in [-0.3, -0.25) is 0 Å². The van der Waals surface area contributed by atoms with Gasteiger partial charge >= 0.3 is 0 Å². The van der Waals surface area contributed by atoms with Crippen LogP contribution in [0.3, 0.4) is 0 Å². The Morgan fingerprint density at radius 3 is 2.50 bits per heavy atom. The highest BCUT2D eigenvalue weighted by atomic mass is 14.6. The van der Waals surface area contributed by atoms with E-state index in [0.717, 1.165) is 12.3 Å². The summed E-state index contributed by atoms with van der Waals surface area (Å²) in [4.78, 5) is 0. The fraction of sp³-hybridized carbons (Fsp3) is 0.412. The van der Waals surface area contributed by atoms with Gasteiger partial charge in [0.1, 0.15) is 0 Å². The predicted molar refractivity (Wildman–Crippen MR) is 77.5 cm³/mol. The molecular weight excluding hydrogens is 218 g/mol. The van der Waals surface area contributed by atoms with Crippen LogP contribution in [0.15, 0.2) is 42.5 Å². The molecule has 94 valence electrons. The van der Waals surface area contributed by atoms with Gasteiger partial charge in [-0.15, -0.1) is 0 Å². The fourth-order valence-electron chi connectivity index (χ4n) is 3.18. The maximum atomic E-state index is 6.37. The molecule has 0 radical (unpaired) electrons. The lowest BCUT2D eigenvalue weighted by Gasteiger charge is -2.17. The Labute approximate surface area is 109 Å². The summed E-state index contributed by atoms with van der Waals surface area (Å²) in [6, 6.07) is 15.4. The van der Waals surface area contributed by atoms with E-state index >= 15 is 0 Å². The number of hydrogen-bond donors (Lipinski definition) is 1. The molecule has 1 aliphatic carbocycles. The van der Waals surface area contributed by atoms with Crippen molar-refractivity contribution in [3.63, 3.8) is 0 Å². The van der Waals surface area contributed by atoms with E-state index in [9.17, 15) is 0 Å². The van der Waals surface area contributed by atoms with Crippen molar-refractivity contribution in [1.29, 1.82) is 0 Å². The van der Waals surface area contributed by atoms with Crippen LogP contribution in [0.25, 0.3) is 10.8 Å². The molecule has 3 rings (SSSR count). The van der Waals surface area contributed by atoms with Gasteiger partial charge in [-0.05, 0) is 34.7 Å². The van der Waals surface area contributed by atoms with Gasteiger partial charge in [-0.25, -0.2) is 0 Å². The van der Waals surface area contributed by atoms with Gasteiger partial charge in [0.2, 0.25) is 0 Å². The van der Waals surface area contributed by atoms with Crippen molar-refractivity contribution in [2.45, 2.75) is 38.1 Å². The molecule has 1 heteroatoms. The quantitative estimate of drug-likeness (QED) is 0.843. The summed E-state index contributed by atoms with van der Waals surface area (Å²) < 4.78 is 0. The van der Waals surface area contributed by atoms with E-state index in [2.05, 4.69) is 42.5 Å². The van der Waals surface area contributed by atoms with E-state index in [-0.39, 0.29) is 6.04 Å². The Hall–Kier alpha value is -1.34. The molecule has 0 aromatic heterocycles. The minimum Gasteiger partial charge on any atom is -0.324 e. The van der Waals surface area contributed by atoms with E-state index < -0.39 is 0 Å². The summed E-state index contributed by atoms with van der Waals surface area (Å²) in [7, 11) is 0. The molecule has 0 aliphatic heterocycles. The Morgan fingerprint density at radius 2 is 1.72 bits per heavy atom. The third kappa shape index (κ3) is 2.41. The first-order chi connectivity index (χ1) is 8.83. The molecule has 0 bridgehead atoms. The summed E-state index contributed by atoms with van der Waals surface area (Å²) in [6.45, 7) is 0. The molecule has 2 aromatic carbocycles. The predicted octanol–water partition coefficient (Wildman–Crippen LogP) is 4.42. The first-order valence-corrected chi connectivity index (χ1v) is 7.07. The van der Waals surface area contributed by atoms with Crippen molar-refractivity contribution in [1.82, 2.24) is 0 Å². The Morgan fingerprint density at radius 1 is 1.00 bits per heavy atom. The molecule has 0 heterocycles. The molecule has 1 fully saturated rings. The second-order valence-corrected chi connectivity index (χ2v) is 5.60. The Balaban J connectivity index is 1.80. The lowest BCUT2D eigenvalue weighted by Crippen LogP contribution is -2.14. The van der Waals surface area contributed by atoms with Crippen LogP contribution in [0, 0.1) is 5.92 Å². The molecule has 1 atom stereocenters. The molecule has 1 saturated carbocycles. The zero-order chi connectivity index (χ0) is 12.4. The summed E-state index contributed by atoms with van der Waals surface area (Å²) >= 11 is 0. The standard InChI is InChI=1S/C17H21N/c18-17(11-13-5-1-2-6-13)16-10-9-14-7-3-4-8-15(14)12-16/h3-4,7-10,12-13,17H,1-2,5-6,11,18H2. The molecule has 2 aromatic rings. The summed E-state index contributed by atoms with van der Waals surface area (Å²) in [6.07, 6.45) is 6.70. The van der Waals surface area contributed by atoms with E-state index in [1.165, 1.54) is 42.0 Å². The third-order valence-corrected chi connectivity index (χ3v) is 4.26. The van der Waals surface area contributed by atoms with E-state index in [0.29, 0.717) is 0 Å². The average molecular weight is 239 g/mol. The first kappa shape index (κ1) is 11.7. The number of nitrogens with two attached hydrogens (primary N) is 1. The van der Waals surface area contributed by atoms with Crippen molar-refractivity contribution in [3.05, 3.63) is 48.0 Å². The maximum absolute atomic E-state index is 6.37. The SMILES string of the molecule is NC(CC1CCCC1)c1ccc2ccccc2c1. The highest BCUT2D eigenvalue weighted by molar-refractivity contribution is 5.83. The lowest BCUT2D eigenvalue weighted by atomic mass is 9.93. The van der Waals surface area contributed by atoms with Crippen molar-refractivity contribution in [2.75, 3.05) is 0 Å². The van der Waals surface area contributed by atoms with Gasteiger partial charge in [-0.2, -0.15) is 0 Å². The molecule has 18 heavy (non-hydrogen) atoms. The van der Waals surface area contributed by atoms with Gasteiger partial charge in [-0.1, -0.05) is 62.1 Å². The lowest BCUT2D eigenvalue weighted by molar-refractivity contribution is 0.451. The number of hydrogen-bond acceptors (Lipinski definition) is 1. The minimum atomic E-state index is 0.206. The molecule has 1 nitrogen and oxygen atoms in total. The number of fused-ring (bicyclic) bond motifs is 1. The van der Waals surface area contributed by atoms with Gasteiger partial charge in [0.25, 0.3) is 0 Å². The van der Waals surface area contributed by atoms with Gasteiger partial charge in [0.05, 0.1) is 0 Å². The molecule has 1 unspecified atom stereocenters. The van der Waals surface area contributed by atoms with Crippen LogP contribution in [0.5, 0.6) is 0 Å². The highest BCUT2D eigenvalue weighted by Crippen LogP contribution is 2.32. The maximum Gasteiger partial charge on any atom is 0.0297 e. The number of benzene rings is 2. The minimum absolute atomic E-state index is 0.206. The fourth-order valence-corrected chi connectivity index (χ4v) is 3.18. The molecule has 2 N–H and O–H groups in total. The van der Waals surface area contributed by atoms with Crippen molar-refractivity contribution in [3.8, 4) is 0 Å². The van der Waals surface area contributed by atoms with Crippen LogP contribution in [-0.2, 0) is 0 Å². The normalized spacial score (nSPS) is 18.3. The second-order valence-electron chi connectivity index (χ2n) is 5.60. The van der Waals surface area contributed by atoms with Crippen LogP contribution in [0.1, 0.15) is 43.7 Å². The summed E-state index contributed by atoms with van der Waals surface area (Å²) in [5, 5.41) is 2.60. The van der Waals surface area contributed by atoms with Gasteiger partial charge in [0, 0.05) is 6.04 Å². The highest BCUT2D eigenvalue weighted by Gasteiger charge is 2.18. The Kier molecular flexibility index (Phi) is 3.33. The van der Waals surface area contributed by atoms with Gasteiger partial charge < -0.3 is 5.73 Å². The molecule has 1 aliphatic rings. The zero-order valence-electron chi connectivity index (χ0n) is 10.8. The molecule has 0 spiro atoms. The van der Waals surface area contributed by atoms with Crippen LogP contribution >= 0.6 is 0 Å². The van der Waals surface area contributed by atoms with E-state index in [1.54, 1.807) is 0 Å². The van der Waals surface area contributed by atoms with Crippen molar-refractivity contribution >= 4 is 10.8 Å². The topological polar surface area (TPSA) is 26.0 Å². The van der Waals surface area contributed by atoms with Gasteiger partial charge in [0.15, 0.2) is 0 Å². The van der Waals surface area contributed by atoms with Crippen molar-refractivity contribution in [2.24, 2.45) is 11.7 Å². The average Bonchev–Trinajstić information content (AvgIpc) is 2.91. The zero-order valence-corrected chi connectivity index (χ0v) is 10.8. The monoisotopic (exact) mass is 239 g/mol. The van der Waals surface area contributed by atoms with Crippen LogP contribution in [-0.4, -0.2) is 0 Å². The smallest absolute Gasteiger partial charge is 0.0297 e. The molecule has 0 saturated heterocycles. The van der Waals surface area contributed by atoms with Crippen LogP contribution in [0.2, 0.25) is 0 Å². The van der Waals surface area contributed by atoms with E-state index in [4.69, 9.17) is 5.73 Å². The van der Waals surface area contributed by atoms with E-state index in [1.807, 2.05) is 0 Å². The first-order valence-electron chi connectivity index (χ1n) is 7.07. The summed E-state index contributed by atoms with van der Waals surface area (Å²) in [5.74, 6) is 0.853. The molecular formula is C17H21N. The van der Waals surface area contributed by atoms with Crippen molar-refractivity contribution < 1.29 is 0 Å². The number of rotatable bonds is 3. The third-order valence-electron chi connectivity index (χ3n) is 4.26. The molecule has 0 amide bonds. The van der Waals surface area contributed by atoms with Crippen LogP contribution in [0.4, 0.5) is 0 Å². The largest absolute Gasteiger partial charge is 0.324 e. The Bertz CT molecular complexity index is 526.